The van der Waals surface area contributed by atoms with Crippen molar-refractivity contribution in [3.05, 3.63) is 65.9 Å². The second-order valence-electron chi connectivity index (χ2n) is 8.19. The maximum absolute atomic E-state index is 13.4. The molecular formula is C26H29N3O5. The number of methoxy groups -OCH3 is 1. The molecule has 1 atom stereocenters. The van der Waals surface area contributed by atoms with Gasteiger partial charge in [0, 0.05) is 48.4 Å². The number of esters is 1. The first-order chi connectivity index (χ1) is 16.5. The number of H-pyrrole nitrogens is 1. The minimum absolute atomic E-state index is 0.158. The van der Waals surface area contributed by atoms with Gasteiger partial charge in [-0.05, 0) is 43.2 Å². The molecule has 8 nitrogen and oxygen atoms in total. The summed E-state index contributed by atoms with van der Waals surface area (Å²) in [6.45, 7) is 3.20. The molecule has 3 aromatic rings. The number of amides is 2. The van der Waals surface area contributed by atoms with Gasteiger partial charge in [-0.15, -0.1) is 0 Å². The normalized spacial score (nSPS) is 16.1. The van der Waals surface area contributed by atoms with Gasteiger partial charge in [-0.25, -0.2) is 0 Å². The monoisotopic (exact) mass is 463 g/mol. The quantitative estimate of drug-likeness (QED) is 0.519. The number of aromatic amines is 1. The second kappa shape index (κ2) is 10.4. The lowest BCUT2D eigenvalue weighted by Gasteiger charge is -2.40. The second-order valence-corrected chi connectivity index (χ2v) is 8.19. The van der Waals surface area contributed by atoms with Crippen molar-refractivity contribution in [1.29, 1.82) is 0 Å². The van der Waals surface area contributed by atoms with Crippen LogP contribution >= 0.6 is 0 Å². The summed E-state index contributed by atoms with van der Waals surface area (Å²) in [7, 11) is 1.63. The van der Waals surface area contributed by atoms with E-state index in [0.717, 1.165) is 22.2 Å². The van der Waals surface area contributed by atoms with E-state index in [4.69, 9.17) is 9.47 Å². The fourth-order valence-electron chi connectivity index (χ4n) is 4.38. The van der Waals surface area contributed by atoms with Gasteiger partial charge in [0.25, 0.3) is 5.91 Å². The van der Waals surface area contributed by atoms with Crippen molar-refractivity contribution < 1.29 is 23.9 Å². The van der Waals surface area contributed by atoms with Crippen LogP contribution in [0.5, 0.6) is 5.75 Å². The summed E-state index contributed by atoms with van der Waals surface area (Å²) in [5.74, 6) is -0.199. The van der Waals surface area contributed by atoms with Crippen molar-refractivity contribution in [2.75, 3.05) is 33.4 Å². The first-order valence-corrected chi connectivity index (χ1v) is 11.5. The number of nitrogens with one attached hydrogen (secondary N) is 1. The zero-order valence-electron chi connectivity index (χ0n) is 19.5. The van der Waals surface area contributed by atoms with Crippen molar-refractivity contribution in [3.8, 4) is 5.75 Å². The van der Waals surface area contributed by atoms with E-state index in [2.05, 4.69) is 4.98 Å². The third-order valence-electron chi connectivity index (χ3n) is 6.16. The Morgan fingerprint density at radius 1 is 1.12 bits per heavy atom. The number of aromatic nitrogens is 1. The van der Waals surface area contributed by atoms with Crippen molar-refractivity contribution in [2.45, 2.75) is 25.8 Å². The van der Waals surface area contributed by atoms with E-state index >= 15 is 0 Å². The SMILES string of the molecule is CCOC(=O)CC1C(=O)N(CCc2c[nH]c3cc(OC)ccc23)CCN1C(=O)c1ccccc1. The molecule has 1 N–H and O–H groups in total. The van der Waals surface area contributed by atoms with Crippen LogP contribution < -0.4 is 4.74 Å². The summed E-state index contributed by atoms with van der Waals surface area (Å²) in [6, 6.07) is 13.8. The minimum Gasteiger partial charge on any atom is -0.497 e. The third-order valence-corrected chi connectivity index (χ3v) is 6.16. The first-order valence-electron chi connectivity index (χ1n) is 11.5. The molecule has 0 spiro atoms. The van der Waals surface area contributed by atoms with Crippen LogP contribution in [0.1, 0.15) is 29.3 Å². The molecule has 1 aliphatic heterocycles. The van der Waals surface area contributed by atoms with Gasteiger partial charge in [-0.2, -0.15) is 0 Å². The summed E-state index contributed by atoms with van der Waals surface area (Å²) < 4.78 is 10.4. The number of fused-ring (bicyclic) bond motifs is 1. The number of carbonyl (C=O) groups excluding carboxylic acids is 3. The molecule has 1 fully saturated rings. The summed E-state index contributed by atoms with van der Waals surface area (Å²) in [5, 5.41) is 1.08. The molecule has 0 radical (unpaired) electrons. The van der Waals surface area contributed by atoms with Gasteiger partial charge in [0.05, 0.1) is 20.1 Å². The number of rotatable bonds is 8. The predicted molar refractivity (Wildman–Crippen MR) is 128 cm³/mol. The van der Waals surface area contributed by atoms with Gasteiger partial charge in [0.15, 0.2) is 0 Å². The van der Waals surface area contributed by atoms with E-state index in [0.29, 0.717) is 31.6 Å². The van der Waals surface area contributed by atoms with Crippen LogP contribution in [-0.2, 0) is 20.7 Å². The van der Waals surface area contributed by atoms with Gasteiger partial charge in [0.2, 0.25) is 5.91 Å². The minimum atomic E-state index is -0.882. The van der Waals surface area contributed by atoms with Crippen LogP contribution in [0.2, 0.25) is 0 Å². The zero-order chi connectivity index (χ0) is 24.1. The summed E-state index contributed by atoms with van der Waals surface area (Å²) in [5.41, 5.74) is 2.56. The Morgan fingerprint density at radius 3 is 2.65 bits per heavy atom. The van der Waals surface area contributed by atoms with Crippen LogP contribution in [0, 0.1) is 0 Å². The molecule has 1 aromatic heterocycles. The maximum Gasteiger partial charge on any atom is 0.308 e. The standard InChI is InChI=1S/C26H29N3O5/c1-3-34-24(30)16-23-26(32)28(13-14-29(23)25(31)18-7-5-4-6-8-18)12-11-19-17-27-22-15-20(33-2)9-10-21(19)22/h4-10,15,17,23,27H,3,11-14,16H2,1-2H3. The van der Waals surface area contributed by atoms with Crippen LogP contribution in [0.4, 0.5) is 0 Å². The topological polar surface area (TPSA) is 91.9 Å². The molecule has 1 saturated heterocycles. The lowest BCUT2D eigenvalue weighted by molar-refractivity contribution is -0.151. The molecule has 0 aliphatic carbocycles. The van der Waals surface area contributed by atoms with E-state index in [1.54, 1.807) is 43.2 Å². The van der Waals surface area contributed by atoms with Crippen LogP contribution in [0.3, 0.4) is 0 Å². The average molecular weight is 464 g/mol. The van der Waals surface area contributed by atoms with E-state index < -0.39 is 12.0 Å². The molecule has 178 valence electrons. The molecular weight excluding hydrogens is 434 g/mol. The van der Waals surface area contributed by atoms with Crippen LogP contribution in [0.15, 0.2) is 54.7 Å². The molecule has 0 saturated carbocycles. The fraction of sp³-hybridized carbons (Fsp3) is 0.346. The molecule has 8 heteroatoms. The predicted octanol–water partition coefficient (Wildman–Crippen LogP) is 3.03. The Hall–Kier alpha value is -3.81. The van der Waals surface area contributed by atoms with E-state index in [9.17, 15) is 14.4 Å². The Balaban J connectivity index is 1.50. The maximum atomic E-state index is 13.4. The van der Waals surface area contributed by atoms with E-state index in [1.165, 1.54) is 4.90 Å². The molecule has 1 aliphatic rings. The van der Waals surface area contributed by atoms with Crippen molar-refractivity contribution in [3.63, 3.8) is 0 Å². The molecule has 1 unspecified atom stereocenters. The van der Waals surface area contributed by atoms with Gasteiger partial charge >= 0.3 is 5.97 Å². The number of hydrogen-bond acceptors (Lipinski definition) is 5. The van der Waals surface area contributed by atoms with Crippen molar-refractivity contribution in [1.82, 2.24) is 14.8 Å². The first kappa shape index (κ1) is 23.4. The number of benzene rings is 2. The summed E-state index contributed by atoms with van der Waals surface area (Å²) >= 11 is 0. The van der Waals surface area contributed by atoms with Crippen LogP contribution in [0.25, 0.3) is 10.9 Å². The molecule has 2 aromatic carbocycles. The number of ether oxygens (including phenoxy) is 2. The van der Waals surface area contributed by atoms with Crippen molar-refractivity contribution in [2.24, 2.45) is 0 Å². The highest BCUT2D eigenvalue weighted by molar-refractivity contribution is 5.99. The molecule has 34 heavy (non-hydrogen) atoms. The van der Waals surface area contributed by atoms with Crippen LogP contribution in [-0.4, -0.2) is 72.0 Å². The Morgan fingerprint density at radius 2 is 1.91 bits per heavy atom. The van der Waals surface area contributed by atoms with Gasteiger partial charge < -0.3 is 24.3 Å². The summed E-state index contributed by atoms with van der Waals surface area (Å²) in [6.07, 6.45) is 2.44. The Labute approximate surface area is 198 Å². The zero-order valence-corrected chi connectivity index (χ0v) is 19.5. The number of hydrogen-bond donors (Lipinski definition) is 1. The summed E-state index contributed by atoms with van der Waals surface area (Å²) in [4.78, 5) is 45.3. The third kappa shape index (κ3) is 4.90. The highest BCUT2D eigenvalue weighted by Crippen LogP contribution is 2.25. The van der Waals surface area contributed by atoms with Gasteiger partial charge in [-0.1, -0.05) is 18.2 Å². The largest absolute Gasteiger partial charge is 0.497 e. The smallest absolute Gasteiger partial charge is 0.308 e. The fourth-order valence-corrected chi connectivity index (χ4v) is 4.38. The van der Waals surface area contributed by atoms with Gasteiger partial charge in [-0.3, -0.25) is 14.4 Å². The molecule has 4 rings (SSSR count). The van der Waals surface area contributed by atoms with Crippen molar-refractivity contribution >= 4 is 28.7 Å². The molecule has 2 amide bonds. The van der Waals surface area contributed by atoms with Gasteiger partial charge in [0.1, 0.15) is 11.8 Å². The molecule has 2 heterocycles. The lowest BCUT2D eigenvalue weighted by atomic mass is 10.0. The van der Waals surface area contributed by atoms with E-state index in [1.807, 2.05) is 30.5 Å². The number of piperazine rings is 1. The van der Waals surface area contributed by atoms with E-state index in [-0.39, 0.29) is 24.8 Å². The average Bonchev–Trinajstić information content (AvgIpc) is 3.27. The highest BCUT2D eigenvalue weighted by atomic mass is 16.5. The number of nitrogens with zero attached hydrogens (tertiary/aromatic N) is 2. The highest BCUT2D eigenvalue weighted by Gasteiger charge is 2.39. The Kier molecular flexibility index (Phi) is 7.15. The molecule has 0 bridgehead atoms. The Bertz CT molecular complexity index is 1170. The lowest BCUT2D eigenvalue weighted by Crippen LogP contribution is -2.59. The number of carbonyl (C=O) groups is 3.